The summed E-state index contributed by atoms with van der Waals surface area (Å²) >= 11 is 1.49. The van der Waals surface area contributed by atoms with Gasteiger partial charge in [0.1, 0.15) is 12.3 Å². The maximum absolute atomic E-state index is 13.6. The SMILES string of the molecule is C=S1CCC(Nc2cccc3c2cc(C#CCNc2ccc(SN(C)CCO)cc2OC)n3CC(F)(F)F)CC1. The molecular weight excluding hydrogens is 557 g/mol. The van der Waals surface area contributed by atoms with Crippen molar-refractivity contribution in [3.05, 3.63) is 48.2 Å². The second-order valence-corrected chi connectivity index (χ2v) is 12.9. The quantitative estimate of drug-likeness (QED) is 0.155. The van der Waals surface area contributed by atoms with Gasteiger partial charge in [0.2, 0.25) is 0 Å². The molecule has 40 heavy (non-hydrogen) atoms. The molecule has 0 spiro atoms. The fourth-order valence-corrected chi connectivity index (χ4v) is 6.87. The molecule has 2 heterocycles. The minimum Gasteiger partial charge on any atom is -0.495 e. The molecule has 216 valence electrons. The number of nitrogens with one attached hydrogen (secondary N) is 2. The standard InChI is InChI=1S/C29H35F3N4O2S2/c1-35(14-15-37)39-23-9-10-26(28(19-23)38-2)33-13-5-6-22-18-24-25(34-21-11-16-40(3)17-12-21)7-4-8-27(24)36(22)20-29(30,31)32/h4,7-10,18-19,21,33-34,37H,3,11-17,20H2,1-2H3. The number of anilines is 2. The van der Waals surface area contributed by atoms with Gasteiger partial charge in [-0.25, -0.2) is 4.31 Å². The monoisotopic (exact) mass is 592 g/mol. The third kappa shape index (κ3) is 8.13. The van der Waals surface area contributed by atoms with Crippen LogP contribution in [0.1, 0.15) is 18.5 Å². The van der Waals surface area contributed by atoms with Crippen molar-refractivity contribution >= 4 is 50.6 Å². The van der Waals surface area contributed by atoms with E-state index in [1.54, 1.807) is 25.3 Å². The summed E-state index contributed by atoms with van der Waals surface area (Å²) < 4.78 is 49.3. The number of alkyl halides is 3. The number of aliphatic hydroxyl groups excluding tert-OH is 1. The first-order chi connectivity index (χ1) is 19.2. The van der Waals surface area contributed by atoms with E-state index in [4.69, 9.17) is 9.84 Å². The van der Waals surface area contributed by atoms with E-state index in [9.17, 15) is 13.2 Å². The molecule has 11 heteroatoms. The highest BCUT2D eigenvalue weighted by molar-refractivity contribution is 8.14. The third-order valence-electron chi connectivity index (χ3n) is 6.59. The Labute approximate surface area is 240 Å². The molecule has 0 unspecified atom stereocenters. The number of halogens is 3. The van der Waals surface area contributed by atoms with Crippen molar-refractivity contribution in [2.45, 2.75) is 36.5 Å². The van der Waals surface area contributed by atoms with Crippen molar-refractivity contribution in [1.29, 1.82) is 0 Å². The summed E-state index contributed by atoms with van der Waals surface area (Å²) in [4.78, 5) is 0.949. The Balaban J connectivity index is 1.53. The van der Waals surface area contributed by atoms with E-state index in [1.807, 2.05) is 35.6 Å². The van der Waals surface area contributed by atoms with Crippen LogP contribution in [0.2, 0.25) is 0 Å². The van der Waals surface area contributed by atoms with Crippen LogP contribution < -0.4 is 15.4 Å². The average Bonchev–Trinajstić information content (AvgIpc) is 3.25. The van der Waals surface area contributed by atoms with Crippen LogP contribution in [0, 0.1) is 11.8 Å². The van der Waals surface area contributed by atoms with E-state index < -0.39 is 12.7 Å². The first kappa shape index (κ1) is 30.2. The average molecular weight is 593 g/mol. The van der Waals surface area contributed by atoms with Crippen molar-refractivity contribution < 1.29 is 23.0 Å². The number of hydrogen-bond acceptors (Lipinski definition) is 6. The van der Waals surface area contributed by atoms with Gasteiger partial charge in [0.15, 0.2) is 0 Å². The molecule has 1 aliphatic rings. The fourth-order valence-electron chi connectivity index (χ4n) is 4.61. The van der Waals surface area contributed by atoms with E-state index in [2.05, 4.69) is 28.3 Å². The molecular formula is C29H35F3N4O2S2. The normalized spacial score (nSPS) is 17.5. The highest BCUT2D eigenvalue weighted by Gasteiger charge is 2.30. The zero-order chi connectivity index (χ0) is 28.7. The second kappa shape index (κ2) is 13.7. The van der Waals surface area contributed by atoms with Crippen molar-refractivity contribution in [2.75, 3.05) is 56.0 Å². The number of methoxy groups -OCH3 is 1. The summed E-state index contributed by atoms with van der Waals surface area (Å²) in [7, 11) is 3.67. The van der Waals surface area contributed by atoms with Gasteiger partial charge in [-0.05, 0) is 85.7 Å². The lowest BCUT2D eigenvalue weighted by Gasteiger charge is -2.26. The third-order valence-corrected chi connectivity index (χ3v) is 9.17. The lowest BCUT2D eigenvalue weighted by Crippen LogP contribution is -2.25. The van der Waals surface area contributed by atoms with Crippen LogP contribution in [0.15, 0.2) is 47.4 Å². The number of ether oxygens (including phenoxy) is 1. The van der Waals surface area contributed by atoms with Crippen LogP contribution in [0.5, 0.6) is 5.75 Å². The Morgan fingerprint density at radius 3 is 2.67 bits per heavy atom. The van der Waals surface area contributed by atoms with Crippen LogP contribution in [0.25, 0.3) is 10.9 Å². The van der Waals surface area contributed by atoms with Gasteiger partial charge in [0.25, 0.3) is 0 Å². The Kier molecular flexibility index (Phi) is 10.4. The Bertz CT molecular complexity index is 1390. The Morgan fingerprint density at radius 1 is 1.20 bits per heavy atom. The van der Waals surface area contributed by atoms with Gasteiger partial charge in [-0.15, -0.1) is 0 Å². The molecule has 1 aromatic heterocycles. The van der Waals surface area contributed by atoms with E-state index in [1.165, 1.54) is 16.5 Å². The molecule has 1 fully saturated rings. The van der Waals surface area contributed by atoms with Gasteiger partial charge in [-0.2, -0.15) is 23.7 Å². The smallest absolute Gasteiger partial charge is 0.406 e. The lowest BCUT2D eigenvalue weighted by atomic mass is 10.1. The van der Waals surface area contributed by atoms with Crippen molar-refractivity contribution in [1.82, 2.24) is 8.87 Å². The molecule has 0 radical (unpaired) electrons. The fraction of sp³-hybridized carbons (Fsp3) is 0.414. The molecule has 6 nitrogen and oxygen atoms in total. The first-order valence-electron chi connectivity index (χ1n) is 13.0. The molecule has 4 rings (SSSR count). The van der Waals surface area contributed by atoms with Crippen molar-refractivity contribution in [2.24, 2.45) is 0 Å². The van der Waals surface area contributed by atoms with Gasteiger partial charge in [-0.1, -0.05) is 17.9 Å². The predicted octanol–water partition coefficient (Wildman–Crippen LogP) is 5.88. The molecule has 0 atom stereocenters. The number of likely N-dealkylation sites (N-methyl/N-ethyl adjacent to an activating group) is 1. The maximum Gasteiger partial charge on any atom is 0.406 e. The molecule has 0 saturated carbocycles. The minimum atomic E-state index is -4.38. The number of aromatic nitrogens is 1. The second-order valence-electron chi connectivity index (χ2n) is 9.59. The molecule has 0 amide bonds. The van der Waals surface area contributed by atoms with Gasteiger partial charge in [0.05, 0.1) is 37.2 Å². The van der Waals surface area contributed by atoms with Gasteiger partial charge in [-0.3, -0.25) is 0 Å². The highest BCUT2D eigenvalue weighted by atomic mass is 32.2. The first-order valence-corrected chi connectivity index (χ1v) is 15.5. The topological polar surface area (TPSA) is 61.7 Å². The van der Waals surface area contributed by atoms with E-state index in [0.29, 0.717) is 23.5 Å². The van der Waals surface area contributed by atoms with Crippen LogP contribution in [0.3, 0.4) is 0 Å². The molecule has 0 bridgehead atoms. The molecule has 1 saturated heterocycles. The number of nitrogens with zero attached hydrogens (tertiary/aromatic N) is 2. The van der Waals surface area contributed by atoms with E-state index >= 15 is 0 Å². The Morgan fingerprint density at radius 2 is 1.98 bits per heavy atom. The number of fused-ring (bicyclic) bond motifs is 1. The molecule has 2 aromatic carbocycles. The van der Waals surface area contributed by atoms with E-state index in [-0.39, 0.29) is 29.7 Å². The summed E-state index contributed by atoms with van der Waals surface area (Å²) in [6.45, 7) is -0.288. The van der Waals surface area contributed by atoms with Gasteiger partial charge in [0, 0.05) is 28.6 Å². The minimum absolute atomic E-state index is 0.0662. The number of hydrogen-bond donors (Lipinski definition) is 3. The molecule has 1 aliphatic heterocycles. The van der Waals surface area contributed by atoms with Crippen molar-refractivity contribution in [3.8, 4) is 17.6 Å². The highest BCUT2D eigenvalue weighted by Crippen LogP contribution is 2.33. The largest absolute Gasteiger partial charge is 0.495 e. The predicted molar refractivity (Wildman–Crippen MR) is 163 cm³/mol. The number of aliphatic hydroxyl groups is 1. The van der Waals surface area contributed by atoms with Crippen LogP contribution >= 0.6 is 22.4 Å². The van der Waals surface area contributed by atoms with Crippen LogP contribution in [-0.2, 0) is 6.54 Å². The number of rotatable bonds is 10. The zero-order valence-electron chi connectivity index (χ0n) is 22.7. The van der Waals surface area contributed by atoms with Crippen molar-refractivity contribution in [3.63, 3.8) is 0 Å². The van der Waals surface area contributed by atoms with E-state index in [0.717, 1.165) is 46.0 Å². The van der Waals surface area contributed by atoms with Gasteiger partial charge >= 0.3 is 6.18 Å². The lowest BCUT2D eigenvalue weighted by molar-refractivity contribution is -0.140. The summed E-state index contributed by atoms with van der Waals surface area (Å²) in [5, 5.41) is 16.6. The molecule has 3 N–H and O–H groups in total. The maximum atomic E-state index is 13.6. The summed E-state index contributed by atoms with van der Waals surface area (Å²) in [6, 6.07) is 13.2. The Hall–Kier alpha value is -2.78. The van der Waals surface area contributed by atoms with Crippen LogP contribution in [-0.4, -0.2) is 77.4 Å². The number of benzene rings is 2. The molecule has 0 aliphatic carbocycles. The van der Waals surface area contributed by atoms with Crippen LogP contribution in [0.4, 0.5) is 24.5 Å². The molecule has 3 aromatic rings. The summed E-state index contributed by atoms with van der Waals surface area (Å²) in [6.07, 6.45) is -2.37. The summed E-state index contributed by atoms with van der Waals surface area (Å²) in [5.74, 6) is 12.9. The zero-order valence-corrected chi connectivity index (χ0v) is 24.3. The van der Waals surface area contributed by atoms with Gasteiger partial charge < -0.3 is 25.0 Å². The summed E-state index contributed by atoms with van der Waals surface area (Å²) in [5.41, 5.74) is 2.39.